The largest absolute Gasteiger partial charge is 0.309 e. The number of hydrogen-bond donors (Lipinski definition) is 0. The van der Waals surface area contributed by atoms with E-state index in [-0.39, 0.29) is 0 Å². The Kier molecular flexibility index (Phi) is 6.44. The van der Waals surface area contributed by atoms with Crippen LogP contribution in [0.2, 0.25) is 0 Å². The Bertz CT molecular complexity index is 4070. The fourth-order valence-corrected chi connectivity index (χ4v) is 11.6. The van der Waals surface area contributed by atoms with Crippen molar-refractivity contribution < 1.29 is 0 Å². The lowest BCUT2D eigenvalue weighted by molar-refractivity contribution is 1.24. The molecule has 0 aliphatic rings. The summed E-state index contributed by atoms with van der Waals surface area (Å²) >= 11 is 1.87. The number of nitrogens with zero attached hydrogens (tertiary/aromatic N) is 3. The fourth-order valence-electron chi connectivity index (χ4n) is 10.4. The van der Waals surface area contributed by atoms with Crippen molar-refractivity contribution in [1.29, 1.82) is 0 Å². The van der Waals surface area contributed by atoms with Crippen molar-refractivity contribution in [3.63, 3.8) is 0 Å². The third kappa shape index (κ3) is 4.27. The Morgan fingerprint density at radius 3 is 1.68 bits per heavy atom. The van der Waals surface area contributed by atoms with Gasteiger partial charge in [-0.1, -0.05) is 140 Å². The zero-order valence-corrected chi connectivity index (χ0v) is 33.1. The second-order valence-corrected chi connectivity index (χ2v) is 17.1. The van der Waals surface area contributed by atoms with Gasteiger partial charge >= 0.3 is 0 Å². The van der Waals surface area contributed by atoms with Crippen LogP contribution in [-0.4, -0.2) is 8.80 Å². The number of fused-ring (bicyclic) bond motifs is 15. The van der Waals surface area contributed by atoms with Gasteiger partial charge in [-0.25, -0.2) is 0 Å². The molecule has 278 valence electrons. The predicted octanol–water partition coefficient (Wildman–Crippen LogP) is 16.1. The van der Waals surface area contributed by atoms with Gasteiger partial charge in [-0.3, -0.25) is 0 Å². The van der Waals surface area contributed by atoms with Gasteiger partial charge in [-0.2, -0.15) is 0 Å². The van der Waals surface area contributed by atoms with E-state index in [0.717, 1.165) is 11.4 Å². The molecule has 4 heterocycles. The molecule has 0 fully saturated rings. The summed E-state index contributed by atoms with van der Waals surface area (Å²) in [5.41, 5.74) is 13.2. The molecule has 14 rings (SSSR count). The second-order valence-electron chi connectivity index (χ2n) is 16.1. The van der Waals surface area contributed by atoms with Crippen LogP contribution in [0.5, 0.6) is 0 Å². The van der Waals surface area contributed by atoms with Crippen LogP contribution in [0.4, 0.5) is 17.1 Å². The molecule has 10 aromatic carbocycles. The van der Waals surface area contributed by atoms with E-state index in [1.54, 1.807) is 0 Å². The standard InChI is InChI=1S/C56H33N3S/c1-2-13-38-35(12-1)32-47(40-15-4-3-14-39(38)40)34-24-26-36(27-25-34)57(51-22-11-19-46-43-18-7-10-23-53(43)60-56(46)51)37-28-31-50-52(33-37)59-49-21-9-6-17-42(49)45-30-29-44-41-16-5-8-20-48(41)58(50)54(44)55(45)59/h1-33H. The van der Waals surface area contributed by atoms with Gasteiger partial charge in [0.2, 0.25) is 0 Å². The van der Waals surface area contributed by atoms with E-state index in [9.17, 15) is 0 Å². The summed E-state index contributed by atoms with van der Waals surface area (Å²) in [7, 11) is 0. The van der Waals surface area contributed by atoms with E-state index in [2.05, 4.69) is 214 Å². The number of para-hydroxylation sites is 2. The summed E-state index contributed by atoms with van der Waals surface area (Å²) in [5.74, 6) is 0. The Balaban J connectivity index is 1.06. The van der Waals surface area contributed by atoms with Gasteiger partial charge in [0, 0.05) is 48.4 Å². The molecule has 0 saturated heterocycles. The maximum absolute atomic E-state index is 2.52. The van der Waals surface area contributed by atoms with Crippen molar-refractivity contribution in [2.75, 3.05) is 4.90 Å². The Hall–Kier alpha value is -7.66. The highest BCUT2D eigenvalue weighted by Gasteiger charge is 2.24. The third-order valence-corrected chi connectivity index (χ3v) is 14.2. The van der Waals surface area contributed by atoms with Gasteiger partial charge in [0.1, 0.15) is 0 Å². The van der Waals surface area contributed by atoms with Gasteiger partial charge in [-0.05, 0) is 93.3 Å². The first kappa shape index (κ1) is 32.3. The minimum Gasteiger partial charge on any atom is -0.309 e. The van der Waals surface area contributed by atoms with Gasteiger partial charge in [0.15, 0.2) is 0 Å². The molecule has 0 unspecified atom stereocenters. The molecule has 0 bridgehead atoms. The van der Waals surface area contributed by atoms with Crippen LogP contribution in [0.3, 0.4) is 0 Å². The first-order valence-electron chi connectivity index (χ1n) is 20.6. The molecule has 0 spiro atoms. The highest BCUT2D eigenvalue weighted by atomic mass is 32.1. The third-order valence-electron chi connectivity index (χ3n) is 13.0. The van der Waals surface area contributed by atoms with Crippen molar-refractivity contribution in [2.24, 2.45) is 0 Å². The highest BCUT2D eigenvalue weighted by Crippen LogP contribution is 2.47. The first-order chi connectivity index (χ1) is 29.8. The fraction of sp³-hybridized carbons (Fsp3) is 0. The maximum atomic E-state index is 2.52. The summed E-state index contributed by atoms with van der Waals surface area (Å²) in [5, 5.41) is 12.8. The van der Waals surface area contributed by atoms with Gasteiger partial charge in [-0.15, -0.1) is 11.3 Å². The Labute approximate surface area is 348 Å². The molecule has 4 aromatic heterocycles. The topological polar surface area (TPSA) is 12.1 Å². The van der Waals surface area contributed by atoms with Gasteiger partial charge in [0.25, 0.3) is 0 Å². The Morgan fingerprint density at radius 2 is 0.933 bits per heavy atom. The summed E-state index contributed by atoms with van der Waals surface area (Å²) in [6.07, 6.45) is 0. The van der Waals surface area contributed by atoms with Crippen molar-refractivity contribution in [1.82, 2.24) is 8.80 Å². The monoisotopic (exact) mass is 779 g/mol. The lowest BCUT2D eigenvalue weighted by Gasteiger charge is -2.27. The van der Waals surface area contributed by atoms with E-state index in [1.807, 2.05) is 11.3 Å². The Morgan fingerprint density at radius 1 is 0.350 bits per heavy atom. The van der Waals surface area contributed by atoms with Crippen molar-refractivity contribution >= 4 is 125 Å². The molecule has 0 radical (unpaired) electrons. The molecule has 60 heavy (non-hydrogen) atoms. The van der Waals surface area contributed by atoms with Crippen LogP contribution in [0.25, 0.3) is 107 Å². The van der Waals surface area contributed by atoms with Crippen LogP contribution in [0, 0.1) is 0 Å². The molecule has 0 N–H and O–H groups in total. The molecule has 0 atom stereocenters. The highest BCUT2D eigenvalue weighted by molar-refractivity contribution is 7.26. The van der Waals surface area contributed by atoms with Crippen molar-refractivity contribution in [3.8, 4) is 11.1 Å². The summed E-state index contributed by atoms with van der Waals surface area (Å²) in [4.78, 5) is 2.48. The molecule has 0 saturated carbocycles. The summed E-state index contributed by atoms with van der Waals surface area (Å²) in [6.45, 7) is 0. The molecule has 3 nitrogen and oxygen atoms in total. The minimum atomic E-state index is 1.11. The van der Waals surface area contributed by atoms with Crippen LogP contribution >= 0.6 is 11.3 Å². The molecule has 14 aromatic rings. The summed E-state index contributed by atoms with van der Waals surface area (Å²) in [6, 6.07) is 74.2. The average molecular weight is 780 g/mol. The van der Waals surface area contributed by atoms with E-state index >= 15 is 0 Å². The minimum absolute atomic E-state index is 1.11. The summed E-state index contributed by atoms with van der Waals surface area (Å²) < 4.78 is 7.60. The number of thiophene rings is 1. The van der Waals surface area contributed by atoms with Crippen LogP contribution < -0.4 is 4.90 Å². The maximum Gasteiger partial charge on any atom is 0.0789 e. The molecular formula is C56H33N3S. The van der Waals surface area contributed by atoms with E-state index < -0.39 is 0 Å². The molecule has 0 aliphatic heterocycles. The van der Waals surface area contributed by atoms with Gasteiger partial charge < -0.3 is 13.7 Å². The molecule has 4 heteroatoms. The number of aromatic nitrogens is 2. The molecule has 0 amide bonds. The number of benzene rings is 10. The normalized spacial score (nSPS) is 12.3. The number of rotatable bonds is 4. The second kappa shape index (κ2) is 12.0. The number of anilines is 3. The van der Waals surface area contributed by atoms with Gasteiger partial charge in [0.05, 0.1) is 43.5 Å². The van der Waals surface area contributed by atoms with Crippen LogP contribution in [0.1, 0.15) is 0 Å². The molecular weight excluding hydrogens is 747 g/mol. The van der Waals surface area contributed by atoms with Crippen LogP contribution in [-0.2, 0) is 0 Å². The SMILES string of the molecule is c1ccc2c(c1)cc(-c1ccc(N(c3ccc4c(c3)n3c5ccccc5c5ccc6c7ccccc7n4c6c53)c3cccc4c3sc3ccccc34)cc1)c1ccccc12. The lowest BCUT2D eigenvalue weighted by Crippen LogP contribution is -2.10. The lowest BCUT2D eigenvalue weighted by atomic mass is 9.93. The van der Waals surface area contributed by atoms with E-state index in [1.165, 1.54) is 113 Å². The smallest absolute Gasteiger partial charge is 0.0789 e. The van der Waals surface area contributed by atoms with Crippen molar-refractivity contribution in [2.45, 2.75) is 0 Å². The molecule has 0 aliphatic carbocycles. The first-order valence-corrected chi connectivity index (χ1v) is 21.4. The van der Waals surface area contributed by atoms with E-state index in [0.29, 0.717) is 0 Å². The van der Waals surface area contributed by atoms with E-state index in [4.69, 9.17) is 0 Å². The van der Waals surface area contributed by atoms with Crippen LogP contribution in [0.15, 0.2) is 200 Å². The number of hydrogen-bond acceptors (Lipinski definition) is 2. The average Bonchev–Trinajstić information content (AvgIpc) is 3.98. The zero-order valence-electron chi connectivity index (χ0n) is 32.3. The zero-order chi connectivity index (χ0) is 39.1. The quantitative estimate of drug-likeness (QED) is 0.128. The van der Waals surface area contributed by atoms with Crippen molar-refractivity contribution in [3.05, 3.63) is 200 Å². The predicted molar refractivity (Wildman–Crippen MR) is 258 cm³/mol.